The van der Waals surface area contributed by atoms with E-state index in [2.05, 4.69) is 5.32 Å². The van der Waals surface area contributed by atoms with Crippen molar-refractivity contribution in [3.05, 3.63) is 0 Å². The molecule has 12 heteroatoms. The number of aliphatic hydroxyl groups excluding tert-OH is 2. The number of halogens is 1. The summed E-state index contributed by atoms with van der Waals surface area (Å²) in [4.78, 5) is 0. The number of rotatable bonds is 6. The van der Waals surface area contributed by atoms with Gasteiger partial charge in [-0.3, -0.25) is 9.11 Å². The highest BCUT2D eigenvalue weighted by atomic mass is 35.5. The monoisotopic (exact) mass is 361 g/mol. The normalized spacial score (nSPS) is 10.3. The molecule has 0 radical (unpaired) electrons. The van der Waals surface area contributed by atoms with Crippen molar-refractivity contribution in [2.45, 2.75) is 12.8 Å². The quantitative estimate of drug-likeness (QED) is 0.288. The zero-order valence-corrected chi connectivity index (χ0v) is 13.8. The molecule has 0 aromatic rings. The molecule has 0 saturated heterocycles. The molecule has 0 rings (SSSR count). The first-order chi connectivity index (χ1) is 8.41. The smallest absolute Gasteiger partial charge is 0.261 e. The minimum Gasteiger partial charge on any atom is -0.396 e. The summed E-state index contributed by atoms with van der Waals surface area (Å²) in [7, 11) is -7.33. The van der Waals surface area contributed by atoms with Gasteiger partial charge in [0.1, 0.15) is 0 Å². The average molecular weight is 362 g/mol. The van der Waals surface area contributed by atoms with Crippen LogP contribution >= 0.6 is 12.4 Å². The van der Waals surface area contributed by atoms with Crippen molar-refractivity contribution in [2.75, 3.05) is 38.8 Å². The molecule has 0 amide bonds. The van der Waals surface area contributed by atoms with Crippen molar-refractivity contribution < 1.29 is 36.2 Å². The van der Waals surface area contributed by atoms with E-state index < -0.39 is 20.2 Å². The predicted molar refractivity (Wildman–Crippen MR) is 78.5 cm³/mol. The molecule has 0 spiro atoms. The second-order valence-electron chi connectivity index (χ2n) is 3.37. The summed E-state index contributed by atoms with van der Waals surface area (Å²) in [5.74, 6) is 0. The molecule has 9 nitrogen and oxygen atoms in total. The fourth-order valence-electron chi connectivity index (χ4n) is 0.533. The van der Waals surface area contributed by atoms with Crippen molar-refractivity contribution >= 4 is 32.6 Å². The third-order valence-corrected chi connectivity index (χ3v) is 1.02. The van der Waals surface area contributed by atoms with Crippen molar-refractivity contribution in [1.82, 2.24) is 5.32 Å². The molecule has 0 fully saturated rings. The molecule has 0 aliphatic heterocycles. The lowest BCUT2D eigenvalue weighted by Crippen LogP contribution is -2.18. The van der Waals surface area contributed by atoms with E-state index in [1.807, 2.05) is 0 Å². The topological polar surface area (TPSA) is 161 Å². The molecule has 0 bridgehead atoms. The first-order valence-corrected chi connectivity index (χ1v) is 8.88. The van der Waals surface area contributed by atoms with Crippen LogP contribution in [-0.2, 0) is 20.2 Å². The van der Waals surface area contributed by atoms with E-state index in [0.717, 1.165) is 25.9 Å². The maximum absolute atomic E-state index is 9.19. The van der Waals surface area contributed by atoms with Gasteiger partial charge < -0.3 is 15.5 Å². The Morgan fingerprint density at radius 1 is 0.800 bits per heavy atom. The van der Waals surface area contributed by atoms with Crippen molar-refractivity contribution in [3.8, 4) is 0 Å². The van der Waals surface area contributed by atoms with Gasteiger partial charge in [0, 0.05) is 13.2 Å². The Kier molecular flexibility index (Phi) is 24.0. The summed E-state index contributed by atoms with van der Waals surface area (Å²) in [6, 6.07) is 0. The lowest BCUT2D eigenvalue weighted by Gasteiger charge is -1.99. The predicted octanol–water partition coefficient (Wildman–Crippen LogP) is -1.23. The van der Waals surface area contributed by atoms with Crippen LogP contribution in [0.2, 0.25) is 0 Å². The van der Waals surface area contributed by atoms with Crippen molar-refractivity contribution in [1.29, 1.82) is 0 Å². The second-order valence-corrected chi connectivity index (χ2v) is 6.30. The Morgan fingerprint density at radius 2 is 1.00 bits per heavy atom. The summed E-state index contributed by atoms with van der Waals surface area (Å²) in [5.41, 5.74) is 0. The highest BCUT2D eigenvalue weighted by Crippen LogP contribution is 1.74. The standard InChI is InChI=1S/C6H15NO2.2CH4O3S.ClH/c8-5-1-3-7-4-2-6-9;2*1-5(2,3)4;/h7-9H,1-6H2;2*1H3,(H,2,3,4);1H. The molecule has 0 saturated carbocycles. The fraction of sp³-hybridized carbons (Fsp3) is 1.00. The van der Waals surface area contributed by atoms with Gasteiger partial charge in [-0.2, -0.15) is 16.8 Å². The van der Waals surface area contributed by atoms with E-state index in [1.54, 1.807) is 0 Å². The Bertz CT molecular complexity index is 318. The van der Waals surface area contributed by atoms with Crippen LogP contribution in [0.5, 0.6) is 0 Å². The number of aliphatic hydroxyl groups is 2. The largest absolute Gasteiger partial charge is 0.396 e. The average Bonchev–Trinajstić information content (AvgIpc) is 2.12. The molecule has 0 aliphatic rings. The summed E-state index contributed by atoms with van der Waals surface area (Å²) >= 11 is 0. The summed E-state index contributed by atoms with van der Waals surface area (Å²) in [6.45, 7) is 2.17. The number of hydrogen-bond donors (Lipinski definition) is 5. The molecule has 0 heterocycles. The minimum atomic E-state index is -3.67. The van der Waals surface area contributed by atoms with E-state index >= 15 is 0 Å². The Morgan fingerprint density at radius 3 is 1.15 bits per heavy atom. The molecule has 0 aromatic heterocycles. The van der Waals surface area contributed by atoms with Gasteiger partial charge >= 0.3 is 0 Å². The fourth-order valence-corrected chi connectivity index (χ4v) is 0.533. The zero-order chi connectivity index (χ0) is 15.9. The maximum atomic E-state index is 9.19. The van der Waals surface area contributed by atoms with Gasteiger partial charge in [0.15, 0.2) is 0 Å². The first kappa shape index (κ1) is 28.2. The second kappa shape index (κ2) is 17.0. The van der Waals surface area contributed by atoms with E-state index in [1.165, 1.54) is 0 Å². The number of hydrogen-bond acceptors (Lipinski definition) is 7. The van der Waals surface area contributed by atoms with Crippen LogP contribution in [-0.4, -0.2) is 75.0 Å². The van der Waals surface area contributed by atoms with Gasteiger partial charge in [0.2, 0.25) is 0 Å². The highest BCUT2D eigenvalue weighted by Gasteiger charge is 1.84. The van der Waals surface area contributed by atoms with Crippen LogP contribution in [0.15, 0.2) is 0 Å². The van der Waals surface area contributed by atoms with Crippen LogP contribution in [0.25, 0.3) is 0 Å². The maximum Gasteiger partial charge on any atom is 0.261 e. The van der Waals surface area contributed by atoms with Crippen molar-refractivity contribution in [3.63, 3.8) is 0 Å². The molecule has 5 N–H and O–H groups in total. The minimum absolute atomic E-state index is 0. The van der Waals surface area contributed by atoms with Gasteiger partial charge in [0.05, 0.1) is 12.5 Å². The van der Waals surface area contributed by atoms with E-state index in [-0.39, 0.29) is 25.6 Å². The van der Waals surface area contributed by atoms with Gasteiger partial charge in [0.25, 0.3) is 20.2 Å². The highest BCUT2D eigenvalue weighted by molar-refractivity contribution is 7.85. The summed E-state index contributed by atoms with van der Waals surface area (Å²) in [6.07, 6.45) is 3.02. The molecular formula is C8H24ClNO8S2. The third kappa shape index (κ3) is 145. The Balaban J connectivity index is -0.000000101. The molecular weight excluding hydrogens is 338 g/mol. The van der Waals surface area contributed by atoms with Crippen molar-refractivity contribution in [2.24, 2.45) is 0 Å². The van der Waals surface area contributed by atoms with Gasteiger partial charge in [-0.25, -0.2) is 0 Å². The van der Waals surface area contributed by atoms with Gasteiger partial charge in [-0.05, 0) is 25.9 Å². The Hall–Kier alpha value is -0.0100. The van der Waals surface area contributed by atoms with Crippen LogP contribution in [0.1, 0.15) is 12.8 Å². The van der Waals surface area contributed by atoms with Crippen LogP contribution in [0.3, 0.4) is 0 Å². The van der Waals surface area contributed by atoms with E-state index in [4.69, 9.17) is 19.3 Å². The molecule has 128 valence electrons. The number of nitrogens with one attached hydrogen (secondary N) is 1. The van der Waals surface area contributed by atoms with Gasteiger partial charge in [-0.15, -0.1) is 12.4 Å². The lowest BCUT2D eigenvalue weighted by molar-refractivity contribution is 0.276. The molecule has 0 unspecified atom stereocenters. The van der Waals surface area contributed by atoms with Crippen LogP contribution in [0, 0.1) is 0 Å². The van der Waals surface area contributed by atoms with E-state index in [0.29, 0.717) is 12.5 Å². The zero-order valence-electron chi connectivity index (χ0n) is 11.4. The van der Waals surface area contributed by atoms with Crippen LogP contribution < -0.4 is 5.32 Å². The van der Waals surface area contributed by atoms with E-state index in [9.17, 15) is 16.8 Å². The lowest BCUT2D eigenvalue weighted by atomic mass is 10.4. The Labute approximate surface area is 126 Å². The third-order valence-electron chi connectivity index (χ3n) is 1.02. The van der Waals surface area contributed by atoms with Gasteiger partial charge in [-0.1, -0.05) is 0 Å². The molecule has 0 aromatic carbocycles. The van der Waals surface area contributed by atoms with Crippen LogP contribution in [0.4, 0.5) is 0 Å². The molecule has 0 aliphatic carbocycles. The SMILES string of the molecule is CS(=O)(=O)O.CS(=O)(=O)O.Cl.OCCCNCCCO. The summed E-state index contributed by atoms with van der Waals surface area (Å²) in [5, 5.41) is 19.7. The molecule has 0 atom stereocenters. The summed E-state index contributed by atoms with van der Waals surface area (Å²) < 4.78 is 51.7. The molecule has 20 heavy (non-hydrogen) atoms. The first-order valence-electron chi connectivity index (χ1n) is 5.19.